The molecule has 1 aromatic rings. The van der Waals surface area contributed by atoms with Crippen LogP contribution in [0.5, 0.6) is 0 Å². The smallest absolute Gasteiger partial charge is 0.0913 e. The van der Waals surface area contributed by atoms with Crippen molar-refractivity contribution in [3.63, 3.8) is 0 Å². The van der Waals surface area contributed by atoms with Gasteiger partial charge in [0, 0.05) is 13.5 Å². The minimum absolute atomic E-state index is 0.419. The molecule has 1 aromatic carbocycles. The van der Waals surface area contributed by atoms with Crippen LogP contribution in [0, 0.1) is 16.7 Å². The number of methoxy groups -OCH3 is 1. The maximum absolute atomic E-state index is 10.5. The molecule has 19 heavy (non-hydrogen) atoms. The molecule has 1 aliphatic carbocycles. The molecule has 1 N–H and O–H groups in total. The molecule has 1 unspecified atom stereocenters. The summed E-state index contributed by atoms with van der Waals surface area (Å²) in [6.45, 7) is 3.87. The highest BCUT2D eigenvalue weighted by Crippen LogP contribution is 2.41. The molecule has 0 fully saturated rings. The van der Waals surface area contributed by atoms with Crippen molar-refractivity contribution >= 4 is 0 Å². The van der Waals surface area contributed by atoms with Crippen LogP contribution in [0.15, 0.2) is 24.3 Å². The zero-order valence-corrected chi connectivity index (χ0v) is 11.8. The Kier molecular flexibility index (Phi) is 3.66. The molecule has 0 saturated carbocycles. The Bertz CT molecular complexity index is 477. The molecule has 1 atom stereocenters. The van der Waals surface area contributed by atoms with Gasteiger partial charge in [0.1, 0.15) is 0 Å². The molecular formula is C16H21NO2. The van der Waals surface area contributed by atoms with E-state index in [0.717, 1.165) is 0 Å². The first-order valence-corrected chi connectivity index (χ1v) is 6.64. The number of rotatable bonds is 4. The van der Waals surface area contributed by atoms with Crippen molar-refractivity contribution in [2.45, 2.75) is 44.8 Å². The first kappa shape index (κ1) is 14.0. The number of hydrogen-bond donors (Lipinski definition) is 1. The normalized spacial score (nSPS) is 18.7. The molecule has 0 aromatic heterocycles. The summed E-state index contributed by atoms with van der Waals surface area (Å²) in [7, 11) is 1.63. The van der Waals surface area contributed by atoms with Gasteiger partial charge in [0.15, 0.2) is 0 Å². The SMILES string of the molecule is COC(C)(C)CC(O)C1(C#N)Cc2ccccc2C1. The average Bonchev–Trinajstić information content (AvgIpc) is 2.78. The van der Waals surface area contributed by atoms with Gasteiger partial charge in [-0.2, -0.15) is 5.26 Å². The van der Waals surface area contributed by atoms with Crippen LogP contribution in [-0.4, -0.2) is 23.9 Å². The summed E-state index contributed by atoms with van der Waals surface area (Å²) < 4.78 is 5.37. The fourth-order valence-corrected chi connectivity index (χ4v) is 2.78. The maximum atomic E-state index is 10.5. The number of hydrogen-bond acceptors (Lipinski definition) is 3. The predicted molar refractivity (Wildman–Crippen MR) is 73.6 cm³/mol. The van der Waals surface area contributed by atoms with E-state index in [2.05, 4.69) is 6.07 Å². The van der Waals surface area contributed by atoms with Crippen molar-refractivity contribution in [2.75, 3.05) is 7.11 Å². The van der Waals surface area contributed by atoms with Gasteiger partial charge in [0.25, 0.3) is 0 Å². The Balaban J connectivity index is 2.21. The molecule has 0 aliphatic heterocycles. The van der Waals surface area contributed by atoms with Crippen LogP contribution in [0.2, 0.25) is 0 Å². The standard InChI is InChI=1S/C16H21NO2/c1-15(2,19-3)10-14(18)16(11-17)8-12-6-4-5-7-13(12)9-16/h4-7,14,18H,8-10H2,1-3H3. The van der Waals surface area contributed by atoms with Crippen LogP contribution in [0.3, 0.4) is 0 Å². The predicted octanol–water partition coefficient (Wildman–Crippen LogP) is 2.47. The number of benzene rings is 1. The third-order valence-corrected chi connectivity index (χ3v) is 4.23. The first-order valence-electron chi connectivity index (χ1n) is 6.64. The second-order valence-electron chi connectivity index (χ2n) is 6.07. The lowest BCUT2D eigenvalue weighted by molar-refractivity contribution is -0.0459. The Labute approximate surface area is 114 Å². The largest absolute Gasteiger partial charge is 0.391 e. The topological polar surface area (TPSA) is 53.2 Å². The second-order valence-corrected chi connectivity index (χ2v) is 6.07. The molecule has 0 saturated heterocycles. The summed E-state index contributed by atoms with van der Waals surface area (Å²) in [5, 5.41) is 20.1. The van der Waals surface area contributed by atoms with Crippen molar-refractivity contribution < 1.29 is 9.84 Å². The summed E-state index contributed by atoms with van der Waals surface area (Å²) in [5.74, 6) is 0. The fourth-order valence-electron chi connectivity index (χ4n) is 2.78. The first-order chi connectivity index (χ1) is 8.92. The van der Waals surface area contributed by atoms with Gasteiger partial charge in [0.2, 0.25) is 0 Å². The molecule has 0 heterocycles. The van der Waals surface area contributed by atoms with Crippen molar-refractivity contribution in [2.24, 2.45) is 5.41 Å². The lowest BCUT2D eigenvalue weighted by atomic mass is 9.76. The summed E-state index contributed by atoms with van der Waals surface area (Å²) >= 11 is 0. The highest BCUT2D eigenvalue weighted by Gasteiger charge is 2.45. The minimum Gasteiger partial charge on any atom is -0.391 e. The molecule has 3 heteroatoms. The summed E-state index contributed by atoms with van der Waals surface area (Å²) in [6.07, 6.45) is 1.03. The van der Waals surface area contributed by atoms with E-state index in [9.17, 15) is 10.4 Å². The van der Waals surface area contributed by atoms with Crippen LogP contribution < -0.4 is 0 Å². The van der Waals surface area contributed by atoms with Gasteiger partial charge in [0.05, 0.1) is 23.2 Å². The highest BCUT2D eigenvalue weighted by molar-refractivity contribution is 5.37. The Morgan fingerprint density at radius 3 is 2.32 bits per heavy atom. The van der Waals surface area contributed by atoms with E-state index in [1.54, 1.807) is 7.11 Å². The number of ether oxygens (including phenoxy) is 1. The maximum Gasteiger partial charge on any atom is 0.0913 e. The number of fused-ring (bicyclic) bond motifs is 1. The van der Waals surface area contributed by atoms with Crippen molar-refractivity contribution in [1.29, 1.82) is 5.26 Å². The molecule has 0 amide bonds. The zero-order valence-electron chi connectivity index (χ0n) is 11.8. The second kappa shape index (κ2) is 4.96. The Hall–Kier alpha value is -1.37. The monoisotopic (exact) mass is 259 g/mol. The van der Waals surface area contributed by atoms with Crippen LogP contribution in [-0.2, 0) is 17.6 Å². The third kappa shape index (κ3) is 2.65. The van der Waals surface area contributed by atoms with Crippen molar-refractivity contribution in [3.05, 3.63) is 35.4 Å². The van der Waals surface area contributed by atoms with Gasteiger partial charge >= 0.3 is 0 Å². The summed E-state index contributed by atoms with van der Waals surface area (Å²) in [4.78, 5) is 0. The zero-order chi connectivity index (χ0) is 14.1. The van der Waals surface area contributed by atoms with Gasteiger partial charge in [-0.1, -0.05) is 24.3 Å². The van der Waals surface area contributed by atoms with Crippen LogP contribution in [0.25, 0.3) is 0 Å². The lowest BCUT2D eigenvalue weighted by Crippen LogP contribution is -2.40. The lowest BCUT2D eigenvalue weighted by Gasteiger charge is -2.33. The van der Waals surface area contributed by atoms with Gasteiger partial charge in [-0.05, 0) is 37.8 Å². The highest BCUT2D eigenvalue weighted by atomic mass is 16.5. The summed E-state index contributed by atoms with van der Waals surface area (Å²) in [5.41, 5.74) is 1.23. The number of nitrogens with zero attached hydrogens (tertiary/aromatic N) is 1. The van der Waals surface area contributed by atoms with E-state index in [1.807, 2.05) is 38.1 Å². The molecule has 102 valence electrons. The van der Waals surface area contributed by atoms with Crippen molar-refractivity contribution in [1.82, 2.24) is 0 Å². The van der Waals surface area contributed by atoms with Gasteiger partial charge < -0.3 is 9.84 Å². The molecular weight excluding hydrogens is 238 g/mol. The molecule has 2 rings (SSSR count). The van der Waals surface area contributed by atoms with E-state index in [4.69, 9.17) is 4.74 Å². The van der Waals surface area contributed by atoms with Gasteiger partial charge in [-0.25, -0.2) is 0 Å². The van der Waals surface area contributed by atoms with E-state index >= 15 is 0 Å². The molecule has 1 aliphatic rings. The van der Waals surface area contributed by atoms with E-state index in [1.165, 1.54) is 11.1 Å². The number of nitriles is 1. The average molecular weight is 259 g/mol. The van der Waals surface area contributed by atoms with E-state index in [-0.39, 0.29) is 0 Å². The molecule has 3 nitrogen and oxygen atoms in total. The number of aliphatic hydroxyl groups is 1. The minimum atomic E-state index is -0.709. The quantitative estimate of drug-likeness (QED) is 0.903. The molecule has 0 radical (unpaired) electrons. The van der Waals surface area contributed by atoms with Crippen LogP contribution in [0.1, 0.15) is 31.4 Å². The summed E-state index contributed by atoms with van der Waals surface area (Å²) in [6, 6.07) is 10.4. The Morgan fingerprint density at radius 1 is 1.37 bits per heavy atom. The number of aliphatic hydroxyl groups excluding tert-OH is 1. The third-order valence-electron chi connectivity index (χ3n) is 4.23. The molecule has 0 spiro atoms. The van der Waals surface area contributed by atoms with E-state index < -0.39 is 17.1 Å². The Morgan fingerprint density at radius 2 is 1.89 bits per heavy atom. The van der Waals surface area contributed by atoms with Gasteiger partial charge in [-0.3, -0.25) is 0 Å². The van der Waals surface area contributed by atoms with E-state index in [0.29, 0.717) is 19.3 Å². The van der Waals surface area contributed by atoms with Crippen LogP contribution >= 0.6 is 0 Å². The fraction of sp³-hybridized carbons (Fsp3) is 0.562. The van der Waals surface area contributed by atoms with Crippen LogP contribution in [0.4, 0.5) is 0 Å². The van der Waals surface area contributed by atoms with Gasteiger partial charge in [-0.15, -0.1) is 0 Å². The molecule has 0 bridgehead atoms. The van der Waals surface area contributed by atoms with Crippen molar-refractivity contribution in [3.8, 4) is 6.07 Å².